The molecule has 0 aliphatic rings. The van der Waals surface area contributed by atoms with Gasteiger partial charge in [0.15, 0.2) is 0 Å². The molecule has 0 fully saturated rings. The maximum atomic E-state index is 12.7. The van der Waals surface area contributed by atoms with E-state index in [0.29, 0.717) is 22.9 Å². The average Bonchev–Trinajstić information content (AvgIpc) is 2.56. The summed E-state index contributed by atoms with van der Waals surface area (Å²) in [4.78, 5) is 14.3. The molecule has 0 saturated carbocycles. The first-order chi connectivity index (χ1) is 11.0. The lowest BCUT2D eigenvalue weighted by atomic mass is 10.1. The molecule has 1 amide bonds. The Bertz CT molecular complexity index is 704. The number of hydrogen-bond acceptors (Lipinski definition) is 3. The van der Waals surface area contributed by atoms with Crippen LogP contribution in [0, 0.1) is 3.57 Å². The third-order valence-corrected chi connectivity index (χ3v) is 4.92. The standard InChI is InChI=1S/C17H17ClINO3/c1-20(10-11-4-6-12(22-2)7-5-11)17(21)13-8-14(18)15(19)9-16(13)23-3/h4-9H,10H2,1-3H3. The quantitative estimate of drug-likeness (QED) is 0.647. The molecule has 2 aromatic rings. The lowest BCUT2D eigenvalue weighted by molar-refractivity contribution is 0.0781. The molecule has 2 aromatic carbocycles. The first-order valence-corrected chi connectivity index (χ1v) is 8.33. The number of rotatable bonds is 5. The molecule has 23 heavy (non-hydrogen) atoms. The van der Waals surface area contributed by atoms with Crippen LogP contribution in [-0.4, -0.2) is 32.1 Å². The van der Waals surface area contributed by atoms with Crippen LogP contribution in [0.4, 0.5) is 0 Å². The molecule has 0 atom stereocenters. The first kappa shape index (κ1) is 17.9. The van der Waals surface area contributed by atoms with Crippen molar-refractivity contribution in [1.29, 1.82) is 0 Å². The first-order valence-electron chi connectivity index (χ1n) is 6.87. The van der Waals surface area contributed by atoms with Crippen LogP contribution in [0.15, 0.2) is 36.4 Å². The van der Waals surface area contributed by atoms with Crippen molar-refractivity contribution in [2.45, 2.75) is 6.54 Å². The van der Waals surface area contributed by atoms with Gasteiger partial charge < -0.3 is 14.4 Å². The Morgan fingerprint density at radius 3 is 2.39 bits per heavy atom. The summed E-state index contributed by atoms with van der Waals surface area (Å²) in [7, 11) is 4.91. The fourth-order valence-corrected chi connectivity index (χ4v) is 2.75. The highest BCUT2D eigenvalue weighted by molar-refractivity contribution is 14.1. The summed E-state index contributed by atoms with van der Waals surface area (Å²) < 4.78 is 11.3. The molecule has 0 unspecified atom stereocenters. The van der Waals surface area contributed by atoms with Crippen molar-refractivity contribution in [2.24, 2.45) is 0 Å². The van der Waals surface area contributed by atoms with E-state index in [1.165, 1.54) is 0 Å². The van der Waals surface area contributed by atoms with Gasteiger partial charge in [0, 0.05) is 17.2 Å². The van der Waals surface area contributed by atoms with Crippen molar-refractivity contribution in [3.05, 3.63) is 56.1 Å². The van der Waals surface area contributed by atoms with Crippen LogP contribution < -0.4 is 9.47 Å². The molecule has 0 aliphatic carbocycles. The molecule has 0 spiro atoms. The highest BCUT2D eigenvalue weighted by Crippen LogP contribution is 2.29. The topological polar surface area (TPSA) is 38.8 Å². The van der Waals surface area contributed by atoms with Crippen molar-refractivity contribution in [2.75, 3.05) is 21.3 Å². The SMILES string of the molecule is COc1ccc(CN(C)C(=O)c2cc(Cl)c(I)cc2OC)cc1. The number of methoxy groups -OCH3 is 2. The Morgan fingerprint density at radius 1 is 1.17 bits per heavy atom. The Kier molecular flexibility index (Phi) is 6.12. The summed E-state index contributed by atoms with van der Waals surface area (Å²) in [6, 6.07) is 11.0. The number of carbonyl (C=O) groups is 1. The third-order valence-electron chi connectivity index (χ3n) is 3.40. The van der Waals surface area contributed by atoms with E-state index in [4.69, 9.17) is 21.1 Å². The van der Waals surface area contributed by atoms with Gasteiger partial charge in [-0.15, -0.1) is 0 Å². The van der Waals surface area contributed by atoms with Gasteiger partial charge in [-0.3, -0.25) is 4.79 Å². The zero-order valence-corrected chi connectivity index (χ0v) is 16.0. The minimum absolute atomic E-state index is 0.143. The monoisotopic (exact) mass is 445 g/mol. The minimum atomic E-state index is -0.143. The number of ether oxygens (including phenoxy) is 2. The molecular formula is C17H17ClINO3. The van der Waals surface area contributed by atoms with E-state index in [9.17, 15) is 4.79 Å². The number of amides is 1. The van der Waals surface area contributed by atoms with E-state index < -0.39 is 0 Å². The van der Waals surface area contributed by atoms with Crippen molar-refractivity contribution < 1.29 is 14.3 Å². The maximum Gasteiger partial charge on any atom is 0.257 e. The van der Waals surface area contributed by atoms with Gasteiger partial charge in [0.05, 0.1) is 24.8 Å². The summed E-state index contributed by atoms with van der Waals surface area (Å²) in [5.74, 6) is 1.16. The highest BCUT2D eigenvalue weighted by atomic mass is 127. The number of benzene rings is 2. The van der Waals surface area contributed by atoms with Gasteiger partial charge in [0.25, 0.3) is 5.91 Å². The second-order valence-corrected chi connectivity index (χ2v) is 6.55. The number of nitrogens with zero attached hydrogens (tertiary/aromatic N) is 1. The lowest BCUT2D eigenvalue weighted by Gasteiger charge is -2.19. The number of carbonyl (C=O) groups excluding carboxylic acids is 1. The van der Waals surface area contributed by atoms with E-state index in [-0.39, 0.29) is 5.91 Å². The summed E-state index contributed by atoms with van der Waals surface area (Å²) >= 11 is 8.24. The normalized spacial score (nSPS) is 10.3. The zero-order chi connectivity index (χ0) is 17.0. The van der Waals surface area contributed by atoms with E-state index in [1.807, 2.05) is 24.3 Å². The second kappa shape index (κ2) is 7.88. The fourth-order valence-electron chi connectivity index (χ4n) is 2.15. The van der Waals surface area contributed by atoms with Gasteiger partial charge in [-0.05, 0) is 52.4 Å². The van der Waals surface area contributed by atoms with Gasteiger partial charge in [-0.2, -0.15) is 0 Å². The fraction of sp³-hybridized carbons (Fsp3) is 0.235. The Morgan fingerprint density at radius 2 is 1.83 bits per heavy atom. The van der Waals surface area contributed by atoms with Crippen molar-refractivity contribution in [3.63, 3.8) is 0 Å². The van der Waals surface area contributed by atoms with Gasteiger partial charge in [-0.25, -0.2) is 0 Å². The minimum Gasteiger partial charge on any atom is -0.497 e. The molecule has 2 rings (SSSR count). The second-order valence-electron chi connectivity index (χ2n) is 4.98. The van der Waals surface area contributed by atoms with Crippen LogP contribution in [-0.2, 0) is 6.54 Å². The molecule has 0 radical (unpaired) electrons. The van der Waals surface area contributed by atoms with Crippen LogP contribution in [0.5, 0.6) is 11.5 Å². The zero-order valence-electron chi connectivity index (χ0n) is 13.1. The molecule has 0 bridgehead atoms. The van der Waals surface area contributed by atoms with Crippen LogP contribution in [0.1, 0.15) is 15.9 Å². The molecule has 0 heterocycles. The largest absolute Gasteiger partial charge is 0.497 e. The van der Waals surface area contributed by atoms with Gasteiger partial charge in [0.1, 0.15) is 11.5 Å². The molecule has 0 aromatic heterocycles. The average molecular weight is 446 g/mol. The summed E-state index contributed by atoms with van der Waals surface area (Å²) in [6.45, 7) is 0.482. The van der Waals surface area contributed by atoms with Gasteiger partial charge in [0.2, 0.25) is 0 Å². The van der Waals surface area contributed by atoms with Gasteiger partial charge in [-0.1, -0.05) is 23.7 Å². The number of hydrogen-bond donors (Lipinski definition) is 0. The van der Waals surface area contributed by atoms with Crippen molar-refractivity contribution >= 4 is 40.1 Å². The van der Waals surface area contributed by atoms with E-state index in [2.05, 4.69) is 22.6 Å². The Hall–Kier alpha value is -1.47. The summed E-state index contributed by atoms with van der Waals surface area (Å²) in [5.41, 5.74) is 1.46. The molecular weight excluding hydrogens is 429 g/mol. The Labute approximate surface area is 154 Å². The molecule has 122 valence electrons. The summed E-state index contributed by atoms with van der Waals surface area (Å²) in [5, 5.41) is 0.535. The van der Waals surface area contributed by atoms with E-state index in [1.54, 1.807) is 38.3 Å². The highest BCUT2D eigenvalue weighted by Gasteiger charge is 2.19. The maximum absolute atomic E-state index is 12.7. The molecule has 0 N–H and O–H groups in total. The van der Waals surface area contributed by atoms with E-state index >= 15 is 0 Å². The van der Waals surface area contributed by atoms with Crippen LogP contribution in [0.25, 0.3) is 0 Å². The van der Waals surface area contributed by atoms with Crippen molar-refractivity contribution in [1.82, 2.24) is 4.90 Å². The smallest absolute Gasteiger partial charge is 0.257 e. The van der Waals surface area contributed by atoms with Crippen molar-refractivity contribution in [3.8, 4) is 11.5 Å². The lowest BCUT2D eigenvalue weighted by Crippen LogP contribution is -2.26. The number of halogens is 2. The van der Waals surface area contributed by atoms with Crippen LogP contribution >= 0.6 is 34.2 Å². The third kappa shape index (κ3) is 4.29. The van der Waals surface area contributed by atoms with Gasteiger partial charge >= 0.3 is 0 Å². The Balaban J connectivity index is 2.20. The predicted molar refractivity (Wildman–Crippen MR) is 99.5 cm³/mol. The molecule has 4 nitrogen and oxygen atoms in total. The molecule has 0 aliphatic heterocycles. The summed E-state index contributed by atoms with van der Waals surface area (Å²) in [6.07, 6.45) is 0. The predicted octanol–water partition coefficient (Wildman–Crippen LogP) is 4.23. The molecule has 0 saturated heterocycles. The van der Waals surface area contributed by atoms with E-state index in [0.717, 1.165) is 14.9 Å². The molecule has 6 heteroatoms. The van der Waals surface area contributed by atoms with Crippen LogP contribution in [0.3, 0.4) is 0 Å². The van der Waals surface area contributed by atoms with Crippen LogP contribution in [0.2, 0.25) is 5.02 Å².